The first-order valence-corrected chi connectivity index (χ1v) is 9.31. The summed E-state index contributed by atoms with van der Waals surface area (Å²) in [5.74, 6) is -1.24. The van der Waals surface area contributed by atoms with Crippen LogP contribution in [0.5, 0.6) is 0 Å². The zero-order valence-corrected chi connectivity index (χ0v) is 16.2. The summed E-state index contributed by atoms with van der Waals surface area (Å²) in [6, 6.07) is 17.2. The molecule has 0 fully saturated rings. The SMILES string of the molecule is CCOC(=O)[C@H](Cc1ccccc1)NC(=O)[C@H](Cc1ccccc1)NC(C)=O. The molecule has 0 radical (unpaired) electrons. The van der Waals surface area contributed by atoms with Gasteiger partial charge in [0.15, 0.2) is 0 Å². The number of amides is 2. The molecule has 2 rings (SSSR count). The van der Waals surface area contributed by atoms with Gasteiger partial charge < -0.3 is 15.4 Å². The molecule has 0 aliphatic heterocycles. The summed E-state index contributed by atoms with van der Waals surface area (Å²) in [5.41, 5.74) is 1.81. The van der Waals surface area contributed by atoms with Gasteiger partial charge in [-0.2, -0.15) is 0 Å². The van der Waals surface area contributed by atoms with E-state index in [2.05, 4.69) is 10.6 Å². The van der Waals surface area contributed by atoms with Crippen molar-refractivity contribution in [3.63, 3.8) is 0 Å². The van der Waals surface area contributed by atoms with Gasteiger partial charge in [0.2, 0.25) is 11.8 Å². The summed E-state index contributed by atoms with van der Waals surface area (Å²) in [6.45, 7) is 3.30. The van der Waals surface area contributed by atoms with Gasteiger partial charge in [-0.1, -0.05) is 60.7 Å². The van der Waals surface area contributed by atoms with Crippen molar-refractivity contribution in [2.45, 2.75) is 38.8 Å². The third kappa shape index (κ3) is 6.87. The molecule has 0 aliphatic rings. The van der Waals surface area contributed by atoms with Crippen LogP contribution in [-0.2, 0) is 32.0 Å². The van der Waals surface area contributed by atoms with Crippen molar-refractivity contribution in [2.24, 2.45) is 0 Å². The van der Waals surface area contributed by atoms with Gasteiger partial charge in [-0.3, -0.25) is 9.59 Å². The number of esters is 1. The Labute approximate surface area is 165 Å². The first-order valence-electron chi connectivity index (χ1n) is 9.31. The van der Waals surface area contributed by atoms with Crippen LogP contribution in [0.15, 0.2) is 60.7 Å². The molecule has 0 aromatic heterocycles. The number of benzene rings is 2. The van der Waals surface area contributed by atoms with E-state index in [1.165, 1.54) is 6.92 Å². The van der Waals surface area contributed by atoms with Crippen molar-refractivity contribution in [3.05, 3.63) is 71.8 Å². The number of hydrogen-bond donors (Lipinski definition) is 2. The fourth-order valence-corrected chi connectivity index (χ4v) is 2.86. The van der Waals surface area contributed by atoms with E-state index in [-0.39, 0.29) is 12.5 Å². The van der Waals surface area contributed by atoms with Crippen molar-refractivity contribution in [1.82, 2.24) is 10.6 Å². The lowest BCUT2D eigenvalue weighted by atomic mass is 10.0. The minimum atomic E-state index is -0.832. The second kappa shape index (κ2) is 10.9. The maximum absolute atomic E-state index is 12.9. The topological polar surface area (TPSA) is 84.5 Å². The van der Waals surface area contributed by atoms with Crippen molar-refractivity contribution in [2.75, 3.05) is 6.61 Å². The van der Waals surface area contributed by atoms with Gasteiger partial charge in [0.25, 0.3) is 0 Å². The molecule has 0 saturated carbocycles. The van der Waals surface area contributed by atoms with Gasteiger partial charge in [0.05, 0.1) is 6.61 Å². The summed E-state index contributed by atoms with van der Waals surface area (Å²) in [6.07, 6.45) is 0.636. The number of nitrogens with one attached hydrogen (secondary N) is 2. The van der Waals surface area contributed by atoms with Crippen molar-refractivity contribution >= 4 is 17.8 Å². The van der Waals surface area contributed by atoms with E-state index in [9.17, 15) is 14.4 Å². The molecule has 2 aromatic rings. The van der Waals surface area contributed by atoms with Crippen LogP contribution < -0.4 is 10.6 Å². The molecule has 28 heavy (non-hydrogen) atoms. The summed E-state index contributed by atoms with van der Waals surface area (Å²) in [5, 5.41) is 5.41. The second-order valence-corrected chi connectivity index (χ2v) is 6.45. The third-order valence-corrected chi connectivity index (χ3v) is 4.15. The molecule has 0 aliphatic carbocycles. The van der Waals surface area contributed by atoms with Crippen LogP contribution in [0.1, 0.15) is 25.0 Å². The Morgan fingerprint density at radius 2 is 1.32 bits per heavy atom. The van der Waals surface area contributed by atoms with Crippen LogP contribution in [-0.4, -0.2) is 36.5 Å². The number of carbonyl (C=O) groups excluding carboxylic acids is 3. The minimum absolute atomic E-state index is 0.221. The van der Waals surface area contributed by atoms with Crippen LogP contribution in [0, 0.1) is 0 Å². The normalized spacial score (nSPS) is 12.5. The van der Waals surface area contributed by atoms with Crippen LogP contribution >= 0.6 is 0 Å². The molecular weight excluding hydrogens is 356 g/mol. The standard InChI is InChI=1S/C22H26N2O4/c1-3-28-22(27)20(15-18-12-8-5-9-13-18)24-21(26)19(23-16(2)25)14-17-10-6-4-7-11-17/h4-13,19-20H,3,14-15H2,1-2H3,(H,23,25)(H,24,26)/t19-,20-/m0/s1. The lowest BCUT2D eigenvalue weighted by Crippen LogP contribution is -2.53. The van der Waals surface area contributed by atoms with E-state index < -0.39 is 24.0 Å². The van der Waals surface area contributed by atoms with Crippen LogP contribution in [0.25, 0.3) is 0 Å². The Balaban J connectivity index is 2.14. The highest BCUT2D eigenvalue weighted by molar-refractivity contribution is 5.90. The highest BCUT2D eigenvalue weighted by Gasteiger charge is 2.27. The predicted molar refractivity (Wildman–Crippen MR) is 106 cm³/mol. The molecule has 2 atom stereocenters. The van der Waals surface area contributed by atoms with Gasteiger partial charge in [-0.25, -0.2) is 4.79 Å². The molecule has 6 heteroatoms. The van der Waals surface area contributed by atoms with E-state index in [0.717, 1.165) is 11.1 Å². The zero-order chi connectivity index (χ0) is 20.4. The Bertz CT molecular complexity index is 778. The highest BCUT2D eigenvalue weighted by Crippen LogP contribution is 2.08. The highest BCUT2D eigenvalue weighted by atomic mass is 16.5. The lowest BCUT2D eigenvalue weighted by molar-refractivity contribution is -0.147. The third-order valence-electron chi connectivity index (χ3n) is 4.15. The zero-order valence-electron chi connectivity index (χ0n) is 16.2. The molecule has 0 unspecified atom stereocenters. The average molecular weight is 382 g/mol. The molecule has 148 valence electrons. The van der Waals surface area contributed by atoms with E-state index in [1.807, 2.05) is 60.7 Å². The first kappa shape index (κ1) is 21.2. The van der Waals surface area contributed by atoms with Crippen LogP contribution in [0.3, 0.4) is 0 Å². The maximum Gasteiger partial charge on any atom is 0.328 e. The number of hydrogen-bond acceptors (Lipinski definition) is 4. The molecule has 6 nitrogen and oxygen atoms in total. The van der Waals surface area contributed by atoms with E-state index >= 15 is 0 Å². The maximum atomic E-state index is 12.9. The second-order valence-electron chi connectivity index (χ2n) is 6.45. The first-order chi connectivity index (χ1) is 13.5. The number of ether oxygens (including phenoxy) is 1. The van der Waals surface area contributed by atoms with Crippen LogP contribution in [0.4, 0.5) is 0 Å². The Morgan fingerprint density at radius 3 is 1.79 bits per heavy atom. The van der Waals surface area contributed by atoms with Gasteiger partial charge in [0, 0.05) is 19.8 Å². The summed E-state index contributed by atoms with van der Waals surface area (Å²) < 4.78 is 5.12. The average Bonchev–Trinajstić information content (AvgIpc) is 2.68. The van der Waals surface area contributed by atoms with Gasteiger partial charge >= 0.3 is 5.97 Å². The molecule has 0 spiro atoms. The van der Waals surface area contributed by atoms with Crippen molar-refractivity contribution < 1.29 is 19.1 Å². The number of rotatable bonds is 9. The fraction of sp³-hybridized carbons (Fsp3) is 0.318. The summed E-state index contributed by atoms with van der Waals surface area (Å²) >= 11 is 0. The summed E-state index contributed by atoms with van der Waals surface area (Å²) in [4.78, 5) is 36.8. The van der Waals surface area contributed by atoms with Crippen molar-refractivity contribution in [3.8, 4) is 0 Å². The van der Waals surface area contributed by atoms with Crippen molar-refractivity contribution in [1.29, 1.82) is 0 Å². The van der Waals surface area contributed by atoms with Crippen LogP contribution in [0.2, 0.25) is 0 Å². The van der Waals surface area contributed by atoms with Gasteiger partial charge in [-0.05, 0) is 18.1 Å². The van der Waals surface area contributed by atoms with E-state index in [4.69, 9.17) is 4.74 Å². The molecular formula is C22H26N2O4. The number of carbonyl (C=O) groups is 3. The molecule has 0 bridgehead atoms. The summed E-state index contributed by atoms with van der Waals surface area (Å²) in [7, 11) is 0. The quantitative estimate of drug-likeness (QED) is 0.650. The van der Waals surface area contributed by atoms with Gasteiger partial charge in [-0.15, -0.1) is 0 Å². The minimum Gasteiger partial charge on any atom is -0.464 e. The Morgan fingerprint density at radius 1 is 0.821 bits per heavy atom. The van der Waals surface area contributed by atoms with Gasteiger partial charge in [0.1, 0.15) is 12.1 Å². The molecule has 2 aromatic carbocycles. The smallest absolute Gasteiger partial charge is 0.328 e. The van der Waals surface area contributed by atoms with E-state index in [0.29, 0.717) is 12.8 Å². The van der Waals surface area contributed by atoms with E-state index in [1.54, 1.807) is 6.92 Å². The monoisotopic (exact) mass is 382 g/mol. The molecule has 0 heterocycles. The Kier molecular flexibility index (Phi) is 8.21. The molecule has 2 N–H and O–H groups in total. The lowest BCUT2D eigenvalue weighted by Gasteiger charge is -2.22. The predicted octanol–water partition coefficient (Wildman–Crippen LogP) is 2.02. The largest absolute Gasteiger partial charge is 0.464 e. The Hall–Kier alpha value is -3.15. The molecule has 0 saturated heterocycles. The fourth-order valence-electron chi connectivity index (χ4n) is 2.86. The molecule has 2 amide bonds.